The standard InChI is InChI=1S/C15H18N2O/c1-4-13-9-14(17(3)16-13)10-15(18)12-7-5-6-11(2)8-12/h5-9H,4,10H2,1-3H3. The first kappa shape index (κ1) is 12.6. The van der Waals surface area contributed by atoms with Crippen LogP contribution in [0.3, 0.4) is 0 Å². The lowest BCUT2D eigenvalue weighted by Crippen LogP contribution is -2.08. The van der Waals surface area contributed by atoms with Gasteiger partial charge in [0, 0.05) is 18.3 Å². The third kappa shape index (κ3) is 2.67. The number of carbonyl (C=O) groups excluding carboxylic acids is 1. The number of hydrogen-bond donors (Lipinski definition) is 0. The molecule has 3 heteroatoms. The molecule has 2 rings (SSSR count). The second kappa shape index (κ2) is 5.17. The zero-order valence-electron chi connectivity index (χ0n) is 11.1. The Labute approximate surface area is 107 Å². The molecule has 0 saturated carbocycles. The highest BCUT2D eigenvalue weighted by Gasteiger charge is 2.11. The summed E-state index contributed by atoms with van der Waals surface area (Å²) in [5, 5.41) is 4.36. The third-order valence-electron chi connectivity index (χ3n) is 3.07. The number of aryl methyl sites for hydroxylation is 3. The van der Waals surface area contributed by atoms with Crippen molar-refractivity contribution in [3.05, 3.63) is 52.8 Å². The van der Waals surface area contributed by atoms with Gasteiger partial charge in [0.05, 0.1) is 12.1 Å². The molecule has 0 aliphatic rings. The molecule has 0 fully saturated rings. The van der Waals surface area contributed by atoms with Crippen molar-refractivity contribution in [3.8, 4) is 0 Å². The number of nitrogens with zero attached hydrogens (tertiary/aromatic N) is 2. The number of carbonyl (C=O) groups is 1. The predicted octanol–water partition coefficient (Wildman–Crippen LogP) is 2.72. The Morgan fingerprint density at radius 1 is 1.33 bits per heavy atom. The van der Waals surface area contributed by atoms with E-state index in [0.717, 1.165) is 28.9 Å². The van der Waals surface area contributed by atoms with E-state index >= 15 is 0 Å². The van der Waals surface area contributed by atoms with Crippen molar-refractivity contribution in [2.45, 2.75) is 26.7 Å². The number of benzene rings is 1. The summed E-state index contributed by atoms with van der Waals surface area (Å²) < 4.78 is 1.80. The molecule has 1 aromatic carbocycles. The topological polar surface area (TPSA) is 34.9 Å². The summed E-state index contributed by atoms with van der Waals surface area (Å²) in [7, 11) is 1.89. The third-order valence-corrected chi connectivity index (χ3v) is 3.07. The van der Waals surface area contributed by atoms with Gasteiger partial charge < -0.3 is 0 Å². The fourth-order valence-corrected chi connectivity index (χ4v) is 1.99. The Bertz CT molecular complexity index is 570. The van der Waals surface area contributed by atoms with Crippen LogP contribution in [0.2, 0.25) is 0 Å². The number of aromatic nitrogens is 2. The minimum absolute atomic E-state index is 0.143. The van der Waals surface area contributed by atoms with Crippen molar-refractivity contribution < 1.29 is 4.79 Å². The molecule has 0 N–H and O–H groups in total. The normalized spacial score (nSPS) is 10.6. The Kier molecular flexibility index (Phi) is 3.60. The van der Waals surface area contributed by atoms with Gasteiger partial charge in [0.15, 0.2) is 5.78 Å². The van der Waals surface area contributed by atoms with E-state index in [9.17, 15) is 4.79 Å². The largest absolute Gasteiger partial charge is 0.294 e. The van der Waals surface area contributed by atoms with Gasteiger partial charge in [-0.1, -0.05) is 30.7 Å². The lowest BCUT2D eigenvalue weighted by atomic mass is 10.0. The van der Waals surface area contributed by atoms with E-state index in [2.05, 4.69) is 12.0 Å². The van der Waals surface area contributed by atoms with E-state index in [1.807, 2.05) is 44.3 Å². The Balaban J connectivity index is 2.18. The van der Waals surface area contributed by atoms with Crippen molar-refractivity contribution in [1.29, 1.82) is 0 Å². The van der Waals surface area contributed by atoms with Crippen LogP contribution in [0.4, 0.5) is 0 Å². The van der Waals surface area contributed by atoms with Gasteiger partial charge in [0.2, 0.25) is 0 Å². The van der Waals surface area contributed by atoms with Crippen molar-refractivity contribution in [3.63, 3.8) is 0 Å². The monoisotopic (exact) mass is 242 g/mol. The summed E-state index contributed by atoms with van der Waals surface area (Å²) in [5.74, 6) is 0.143. The van der Waals surface area contributed by atoms with E-state index in [1.54, 1.807) is 4.68 Å². The highest BCUT2D eigenvalue weighted by molar-refractivity contribution is 5.97. The Morgan fingerprint density at radius 3 is 2.72 bits per heavy atom. The summed E-state index contributed by atoms with van der Waals surface area (Å²) >= 11 is 0. The van der Waals surface area contributed by atoms with E-state index in [4.69, 9.17) is 0 Å². The van der Waals surface area contributed by atoms with Crippen molar-refractivity contribution in [2.75, 3.05) is 0 Å². The van der Waals surface area contributed by atoms with Crippen molar-refractivity contribution in [2.24, 2.45) is 7.05 Å². The van der Waals surface area contributed by atoms with Crippen LogP contribution in [0.1, 0.15) is 34.2 Å². The summed E-state index contributed by atoms with van der Waals surface area (Å²) in [6, 6.07) is 9.72. The van der Waals surface area contributed by atoms with Crippen LogP contribution in [-0.2, 0) is 19.9 Å². The van der Waals surface area contributed by atoms with Gasteiger partial charge in [0.25, 0.3) is 0 Å². The van der Waals surface area contributed by atoms with E-state index in [1.165, 1.54) is 0 Å². The van der Waals surface area contributed by atoms with Crippen LogP contribution in [0.5, 0.6) is 0 Å². The number of Topliss-reactive ketones (excluding diaryl/α,β-unsaturated/α-hetero) is 1. The Hall–Kier alpha value is -1.90. The molecule has 0 spiro atoms. The maximum absolute atomic E-state index is 12.2. The minimum Gasteiger partial charge on any atom is -0.294 e. The van der Waals surface area contributed by atoms with Gasteiger partial charge in [-0.25, -0.2) is 0 Å². The molecule has 0 atom stereocenters. The average Bonchev–Trinajstić information content (AvgIpc) is 2.70. The van der Waals surface area contributed by atoms with Crippen LogP contribution in [0.25, 0.3) is 0 Å². The zero-order chi connectivity index (χ0) is 13.1. The number of hydrogen-bond acceptors (Lipinski definition) is 2. The van der Waals surface area contributed by atoms with Crippen LogP contribution in [0.15, 0.2) is 30.3 Å². The molecular weight excluding hydrogens is 224 g/mol. The molecule has 1 heterocycles. The van der Waals surface area contributed by atoms with Crippen LogP contribution in [0, 0.1) is 6.92 Å². The zero-order valence-corrected chi connectivity index (χ0v) is 11.1. The molecule has 0 radical (unpaired) electrons. The molecule has 94 valence electrons. The average molecular weight is 242 g/mol. The molecule has 3 nitrogen and oxygen atoms in total. The fourth-order valence-electron chi connectivity index (χ4n) is 1.99. The molecular formula is C15H18N2O. The fraction of sp³-hybridized carbons (Fsp3) is 0.333. The van der Waals surface area contributed by atoms with Gasteiger partial charge in [-0.05, 0) is 25.5 Å². The molecule has 1 aromatic heterocycles. The summed E-state index contributed by atoms with van der Waals surface area (Å²) in [6.07, 6.45) is 1.30. The number of rotatable bonds is 4. The predicted molar refractivity (Wildman–Crippen MR) is 71.8 cm³/mol. The van der Waals surface area contributed by atoms with Crippen LogP contribution < -0.4 is 0 Å². The molecule has 0 saturated heterocycles. The lowest BCUT2D eigenvalue weighted by Gasteiger charge is -2.02. The first-order chi connectivity index (χ1) is 8.60. The molecule has 2 aromatic rings. The maximum atomic E-state index is 12.2. The number of ketones is 1. The minimum atomic E-state index is 0.143. The molecule has 0 bridgehead atoms. The maximum Gasteiger partial charge on any atom is 0.168 e. The first-order valence-electron chi connectivity index (χ1n) is 6.22. The molecule has 0 aliphatic carbocycles. The van der Waals surface area contributed by atoms with E-state index in [0.29, 0.717) is 6.42 Å². The van der Waals surface area contributed by atoms with Gasteiger partial charge in [-0.2, -0.15) is 5.10 Å². The van der Waals surface area contributed by atoms with Crippen LogP contribution >= 0.6 is 0 Å². The second-order valence-corrected chi connectivity index (χ2v) is 4.57. The summed E-state index contributed by atoms with van der Waals surface area (Å²) in [6.45, 7) is 4.06. The highest BCUT2D eigenvalue weighted by Crippen LogP contribution is 2.11. The first-order valence-corrected chi connectivity index (χ1v) is 6.22. The van der Waals surface area contributed by atoms with Gasteiger partial charge in [-0.15, -0.1) is 0 Å². The Morgan fingerprint density at radius 2 is 2.11 bits per heavy atom. The van der Waals surface area contributed by atoms with E-state index in [-0.39, 0.29) is 5.78 Å². The highest BCUT2D eigenvalue weighted by atomic mass is 16.1. The molecule has 0 unspecified atom stereocenters. The lowest BCUT2D eigenvalue weighted by molar-refractivity contribution is 0.0990. The SMILES string of the molecule is CCc1cc(CC(=O)c2cccc(C)c2)n(C)n1. The second-order valence-electron chi connectivity index (χ2n) is 4.57. The summed E-state index contributed by atoms with van der Waals surface area (Å²) in [5.41, 5.74) is 3.89. The van der Waals surface area contributed by atoms with Gasteiger partial charge >= 0.3 is 0 Å². The molecule has 18 heavy (non-hydrogen) atoms. The van der Waals surface area contributed by atoms with Gasteiger partial charge in [0.1, 0.15) is 0 Å². The van der Waals surface area contributed by atoms with Gasteiger partial charge in [-0.3, -0.25) is 9.48 Å². The molecule has 0 amide bonds. The smallest absolute Gasteiger partial charge is 0.168 e. The summed E-state index contributed by atoms with van der Waals surface area (Å²) in [4.78, 5) is 12.2. The van der Waals surface area contributed by atoms with Crippen LogP contribution in [-0.4, -0.2) is 15.6 Å². The van der Waals surface area contributed by atoms with Crippen molar-refractivity contribution in [1.82, 2.24) is 9.78 Å². The molecule has 0 aliphatic heterocycles. The van der Waals surface area contributed by atoms with E-state index < -0.39 is 0 Å². The quantitative estimate of drug-likeness (QED) is 0.773. The van der Waals surface area contributed by atoms with Crippen molar-refractivity contribution >= 4 is 5.78 Å².